The molecule has 2 aromatic rings. The Balaban J connectivity index is 1.55. The predicted octanol–water partition coefficient (Wildman–Crippen LogP) is 2.18. The average molecular weight is 697 g/mol. The molecule has 0 aliphatic carbocycles. The van der Waals surface area contributed by atoms with Crippen LogP contribution >= 0.6 is 0 Å². The first kappa shape index (κ1) is 37.9. The minimum Gasteiger partial charge on any atom is -0.483 e. The van der Waals surface area contributed by atoms with E-state index in [-0.39, 0.29) is 62.7 Å². The van der Waals surface area contributed by atoms with Crippen molar-refractivity contribution in [3.05, 3.63) is 35.5 Å². The fraction of sp³-hybridized carbons (Fsp3) is 0.571. The fourth-order valence-corrected chi connectivity index (χ4v) is 5.92. The van der Waals surface area contributed by atoms with Crippen LogP contribution in [0.5, 0.6) is 5.75 Å². The van der Waals surface area contributed by atoms with Gasteiger partial charge in [-0.1, -0.05) is 6.07 Å². The maximum Gasteiger partial charge on any atom is 0.409 e. The average Bonchev–Trinajstić information content (AvgIpc) is 3.56. The monoisotopic (exact) mass is 696 g/mol. The number of esters is 1. The quantitative estimate of drug-likeness (QED) is 0.331. The Kier molecular flexibility index (Phi) is 12.6. The van der Waals surface area contributed by atoms with Gasteiger partial charge >= 0.3 is 12.1 Å². The first-order chi connectivity index (χ1) is 23.7. The van der Waals surface area contributed by atoms with E-state index in [4.69, 9.17) is 14.2 Å². The summed E-state index contributed by atoms with van der Waals surface area (Å²) in [6.45, 7) is 12.0. The Morgan fingerprint density at radius 3 is 2.34 bits per heavy atom. The summed E-state index contributed by atoms with van der Waals surface area (Å²) in [7, 11) is 0. The third-order valence-electron chi connectivity index (χ3n) is 8.25. The van der Waals surface area contributed by atoms with Gasteiger partial charge in [-0.2, -0.15) is 0 Å². The second-order valence-corrected chi connectivity index (χ2v) is 13.3. The highest BCUT2D eigenvalue weighted by Crippen LogP contribution is 2.27. The van der Waals surface area contributed by atoms with E-state index in [1.165, 1.54) is 20.8 Å². The summed E-state index contributed by atoms with van der Waals surface area (Å²) in [5.41, 5.74) is 0.370. The van der Waals surface area contributed by atoms with Gasteiger partial charge in [0.05, 0.1) is 18.5 Å². The molecule has 5 amide bonds. The van der Waals surface area contributed by atoms with Gasteiger partial charge in [-0.15, -0.1) is 0 Å². The van der Waals surface area contributed by atoms with Gasteiger partial charge in [0.25, 0.3) is 11.8 Å². The number of likely N-dealkylation sites (N-methyl/N-ethyl adjacent to an activating group) is 1. The Labute approximate surface area is 291 Å². The number of rotatable bonds is 11. The highest BCUT2D eigenvalue weighted by Gasteiger charge is 2.35. The summed E-state index contributed by atoms with van der Waals surface area (Å²) >= 11 is 0. The van der Waals surface area contributed by atoms with Gasteiger partial charge in [0.15, 0.2) is 6.61 Å². The summed E-state index contributed by atoms with van der Waals surface area (Å²) in [5.74, 6) is -2.30. The van der Waals surface area contributed by atoms with Crippen molar-refractivity contribution >= 4 is 46.6 Å². The Morgan fingerprint density at radius 1 is 0.980 bits per heavy atom. The van der Waals surface area contributed by atoms with Gasteiger partial charge < -0.3 is 39.5 Å². The number of pyridine rings is 1. The molecule has 0 unspecified atom stereocenters. The predicted molar refractivity (Wildman–Crippen MR) is 182 cm³/mol. The van der Waals surface area contributed by atoms with Gasteiger partial charge in [0.2, 0.25) is 11.8 Å². The van der Waals surface area contributed by atoms with Crippen LogP contribution in [0.15, 0.2) is 24.3 Å². The van der Waals surface area contributed by atoms with Crippen molar-refractivity contribution in [2.45, 2.75) is 78.5 Å². The molecule has 50 heavy (non-hydrogen) atoms. The zero-order chi connectivity index (χ0) is 36.6. The van der Waals surface area contributed by atoms with Crippen molar-refractivity contribution in [3.63, 3.8) is 0 Å². The van der Waals surface area contributed by atoms with E-state index in [9.17, 15) is 28.8 Å². The number of amides is 5. The van der Waals surface area contributed by atoms with Crippen LogP contribution in [-0.2, 0) is 28.7 Å². The van der Waals surface area contributed by atoms with E-state index in [0.29, 0.717) is 36.8 Å². The molecule has 2 fully saturated rings. The Morgan fingerprint density at radius 2 is 1.68 bits per heavy atom. The molecule has 0 bridgehead atoms. The molecule has 3 heterocycles. The molecule has 15 heteroatoms. The van der Waals surface area contributed by atoms with Gasteiger partial charge in [0, 0.05) is 50.7 Å². The minimum absolute atomic E-state index is 0.0963. The fourth-order valence-electron chi connectivity index (χ4n) is 5.92. The third-order valence-corrected chi connectivity index (χ3v) is 8.25. The van der Waals surface area contributed by atoms with Crippen molar-refractivity contribution in [2.75, 3.05) is 52.5 Å². The van der Waals surface area contributed by atoms with E-state index >= 15 is 0 Å². The molecule has 2 N–H and O–H groups in total. The second kappa shape index (κ2) is 16.6. The summed E-state index contributed by atoms with van der Waals surface area (Å²) in [5, 5.41) is 6.00. The summed E-state index contributed by atoms with van der Waals surface area (Å²) in [6, 6.07) is 4.90. The first-order valence-corrected chi connectivity index (χ1v) is 17.0. The Bertz CT molecular complexity index is 1600. The topological polar surface area (TPSA) is 177 Å². The molecule has 2 aliphatic heterocycles. The molecule has 0 radical (unpaired) electrons. The lowest BCUT2D eigenvalue weighted by atomic mass is 10.1. The SMILES string of the molecule is CCNC(=O)[C@@H]1CCCN1C(=O)COc1cc(C(=O)N[C@@H](CC(=O)OC(C)(C)C)C(=O)N2CCN(C(=O)OCC)CC2)nc2cc(C)ccc12. The number of aromatic nitrogens is 1. The van der Waals surface area contributed by atoms with Crippen molar-refractivity contribution < 1.29 is 43.0 Å². The number of carbonyl (C=O) groups is 6. The van der Waals surface area contributed by atoms with Gasteiger partial charge in [0.1, 0.15) is 29.1 Å². The van der Waals surface area contributed by atoms with E-state index in [2.05, 4.69) is 15.6 Å². The Hall–Kier alpha value is -4.95. The molecule has 2 aliphatic rings. The van der Waals surface area contributed by atoms with Crippen molar-refractivity contribution in [1.82, 2.24) is 30.3 Å². The van der Waals surface area contributed by atoms with E-state index in [0.717, 1.165) is 5.56 Å². The molecular formula is C35H48N6O9. The molecular weight excluding hydrogens is 648 g/mol. The standard InChI is InChI=1S/C35H48N6O9/c1-7-36-32(45)27-10-9-13-41(27)29(42)21-49-28-19-25(37-24-18-22(3)11-12-23(24)28)31(44)38-26(20-30(43)50-35(4,5)6)33(46)39-14-16-40(17-15-39)34(47)48-8-2/h11-12,18-19,26-27H,7-10,13-17,20-21H2,1-6H3,(H,36,45)(H,38,44)/t26-,27-/m0/s1. The summed E-state index contributed by atoms with van der Waals surface area (Å²) in [4.78, 5) is 87.4. The number of hydrogen-bond acceptors (Lipinski definition) is 10. The normalized spacial score (nSPS) is 16.8. The zero-order valence-electron chi connectivity index (χ0n) is 29.7. The van der Waals surface area contributed by atoms with Gasteiger partial charge in [-0.05, 0) is 72.1 Å². The smallest absolute Gasteiger partial charge is 0.409 e. The largest absolute Gasteiger partial charge is 0.483 e. The molecule has 15 nitrogen and oxygen atoms in total. The van der Waals surface area contributed by atoms with Crippen LogP contribution in [0.1, 0.15) is 69.9 Å². The number of nitrogens with zero attached hydrogens (tertiary/aromatic N) is 4. The van der Waals surface area contributed by atoms with Gasteiger partial charge in [-0.3, -0.25) is 24.0 Å². The number of likely N-dealkylation sites (tertiary alicyclic amines) is 1. The van der Waals surface area contributed by atoms with Crippen LogP contribution in [0.25, 0.3) is 10.9 Å². The zero-order valence-corrected chi connectivity index (χ0v) is 29.7. The van der Waals surface area contributed by atoms with Gasteiger partial charge in [-0.25, -0.2) is 9.78 Å². The maximum atomic E-state index is 13.8. The molecule has 2 atom stereocenters. The highest BCUT2D eigenvalue weighted by molar-refractivity contribution is 6.00. The van der Waals surface area contributed by atoms with Crippen LogP contribution in [0.2, 0.25) is 0 Å². The van der Waals surface area contributed by atoms with Crippen LogP contribution < -0.4 is 15.4 Å². The number of carbonyl (C=O) groups excluding carboxylic acids is 6. The number of hydrogen-bond donors (Lipinski definition) is 2. The number of piperazine rings is 1. The van der Waals surface area contributed by atoms with Crippen LogP contribution in [0.3, 0.4) is 0 Å². The van der Waals surface area contributed by atoms with E-state index in [1.54, 1.807) is 39.8 Å². The lowest BCUT2D eigenvalue weighted by Crippen LogP contribution is -2.56. The van der Waals surface area contributed by atoms with Crippen molar-refractivity contribution in [1.29, 1.82) is 0 Å². The number of aryl methyl sites for hydroxylation is 1. The minimum atomic E-state index is -1.30. The van der Waals surface area contributed by atoms with Crippen molar-refractivity contribution in [2.24, 2.45) is 0 Å². The van der Waals surface area contributed by atoms with Crippen LogP contribution in [-0.4, -0.2) is 126 Å². The van der Waals surface area contributed by atoms with Crippen LogP contribution in [0.4, 0.5) is 4.79 Å². The van der Waals surface area contributed by atoms with E-state index < -0.39 is 48.0 Å². The number of benzene rings is 1. The van der Waals surface area contributed by atoms with E-state index in [1.807, 2.05) is 19.9 Å². The lowest BCUT2D eigenvalue weighted by Gasteiger charge is -2.36. The highest BCUT2D eigenvalue weighted by atomic mass is 16.6. The first-order valence-electron chi connectivity index (χ1n) is 17.0. The second-order valence-electron chi connectivity index (χ2n) is 13.3. The lowest BCUT2D eigenvalue weighted by molar-refractivity contribution is -0.157. The summed E-state index contributed by atoms with van der Waals surface area (Å²) < 4.78 is 16.5. The molecule has 0 saturated carbocycles. The molecule has 272 valence electrons. The molecule has 2 saturated heterocycles. The summed E-state index contributed by atoms with van der Waals surface area (Å²) in [6.07, 6.45) is 0.342. The van der Waals surface area contributed by atoms with Crippen molar-refractivity contribution in [3.8, 4) is 5.75 Å². The number of fused-ring (bicyclic) bond motifs is 1. The molecule has 1 aromatic carbocycles. The molecule has 4 rings (SSSR count). The molecule has 0 spiro atoms. The third kappa shape index (κ3) is 9.82. The number of nitrogens with one attached hydrogen (secondary N) is 2. The molecule has 1 aromatic heterocycles. The van der Waals surface area contributed by atoms with Crippen LogP contribution in [0, 0.1) is 6.92 Å². The number of ether oxygens (including phenoxy) is 3. The maximum absolute atomic E-state index is 13.8.